The predicted octanol–water partition coefficient (Wildman–Crippen LogP) is 2.85. The minimum Gasteiger partial charge on any atom is -0.444 e. The summed E-state index contributed by atoms with van der Waals surface area (Å²) in [6, 6.07) is 3.55. The number of carbonyl (C=O) groups is 2. The van der Waals surface area contributed by atoms with E-state index in [-0.39, 0.29) is 17.6 Å². The maximum atomic E-state index is 12.7. The van der Waals surface area contributed by atoms with Crippen molar-refractivity contribution in [1.82, 2.24) is 9.88 Å². The number of amides is 2. The van der Waals surface area contributed by atoms with Crippen molar-refractivity contribution in [1.29, 1.82) is 0 Å². The van der Waals surface area contributed by atoms with Gasteiger partial charge in [-0.3, -0.25) is 10.1 Å². The minimum atomic E-state index is -0.586. The summed E-state index contributed by atoms with van der Waals surface area (Å²) >= 11 is 0. The predicted molar refractivity (Wildman–Crippen MR) is 109 cm³/mol. The average Bonchev–Trinajstić information content (AvgIpc) is 3.16. The molecule has 2 aliphatic rings. The van der Waals surface area contributed by atoms with Gasteiger partial charge in [-0.25, -0.2) is 9.78 Å². The van der Waals surface area contributed by atoms with E-state index < -0.39 is 11.7 Å². The second-order valence-electron chi connectivity index (χ2n) is 8.55. The van der Waals surface area contributed by atoms with Crippen LogP contribution in [0.15, 0.2) is 12.1 Å². The van der Waals surface area contributed by atoms with Crippen molar-refractivity contribution in [2.75, 3.05) is 42.1 Å². The molecule has 8 heteroatoms. The Morgan fingerprint density at radius 1 is 1.18 bits per heavy atom. The number of hydrogen-bond donors (Lipinski definition) is 2. The van der Waals surface area contributed by atoms with Crippen LogP contribution in [0.3, 0.4) is 0 Å². The molecule has 3 rings (SSSR count). The van der Waals surface area contributed by atoms with Crippen molar-refractivity contribution in [3.8, 4) is 0 Å². The molecule has 154 valence electrons. The molecular formula is C20H31N5O3. The Bertz CT molecular complexity index is 725. The van der Waals surface area contributed by atoms with Crippen LogP contribution in [0.4, 0.5) is 22.1 Å². The van der Waals surface area contributed by atoms with Crippen LogP contribution in [-0.4, -0.2) is 53.7 Å². The van der Waals surface area contributed by atoms with Gasteiger partial charge in [0, 0.05) is 26.2 Å². The SMILES string of the molecule is CC(C)(C)OC(=O)Nc1ccc(N2CCCC(C(=O)N3CCCC3)C2)nc1N. The zero-order valence-electron chi connectivity index (χ0n) is 17.0. The molecule has 1 aromatic rings. The van der Waals surface area contributed by atoms with Crippen LogP contribution in [-0.2, 0) is 9.53 Å². The topological polar surface area (TPSA) is 101 Å². The molecule has 1 unspecified atom stereocenters. The molecule has 0 radical (unpaired) electrons. The number of hydrogen-bond acceptors (Lipinski definition) is 6. The lowest BCUT2D eigenvalue weighted by Gasteiger charge is -2.34. The van der Waals surface area contributed by atoms with Gasteiger partial charge in [-0.05, 0) is 58.6 Å². The molecule has 0 aliphatic carbocycles. The number of aromatic nitrogens is 1. The second kappa shape index (κ2) is 8.24. The van der Waals surface area contributed by atoms with E-state index in [9.17, 15) is 9.59 Å². The van der Waals surface area contributed by atoms with E-state index in [4.69, 9.17) is 10.5 Å². The molecule has 2 fully saturated rings. The molecule has 0 aromatic carbocycles. The van der Waals surface area contributed by atoms with Gasteiger partial charge in [-0.2, -0.15) is 0 Å². The largest absolute Gasteiger partial charge is 0.444 e. The zero-order valence-corrected chi connectivity index (χ0v) is 17.0. The number of nitrogens with one attached hydrogen (secondary N) is 1. The average molecular weight is 390 g/mol. The molecule has 1 atom stereocenters. The van der Waals surface area contributed by atoms with Crippen molar-refractivity contribution >= 4 is 29.3 Å². The van der Waals surface area contributed by atoms with Gasteiger partial charge >= 0.3 is 6.09 Å². The summed E-state index contributed by atoms with van der Waals surface area (Å²) < 4.78 is 5.25. The van der Waals surface area contributed by atoms with Crippen LogP contribution >= 0.6 is 0 Å². The van der Waals surface area contributed by atoms with E-state index in [0.29, 0.717) is 12.2 Å². The molecule has 28 heavy (non-hydrogen) atoms. The number of rotatable bonds is 3. The lowest BCUT2D eigenvalue weighted by Crippen LogP contribution is -2.44. The Morgan fingerprint density at radius 3 is 2.54 bits per heavy atom. The molecule has 3 heterocycles. The van der Waals surface area contributed by atoms with Crippen molar-refractivity contribution in [2.24, 2.45) is 5.92 Å². The summed E-state index contributed by atoms with van der Waals surface area (Å²) in [4.78, 5) is 33.2. The van der Waals surface area contributed by atoms with Gasteiger partial charge in [0.05, 0.1) is 11.6 Å². The highest BCUT2D eigenvalue weighted by Gasteiger charge is 2.31. The Kier molecular flexibility index (Phi) is 5.96. The van der Waals surface area contributed by atoms with Gasteiger partial charge in [0.25, 0.3) is 0 Å². The number of nitrogens with zero attached hydrogens (tertiary/aromatic N) is 3. The Morgan fingerprint density at radius 2 is 1.89 bits per heavy atom. The number of pyridine rings is 1. The first-order valence-electron chi connectivity index (χ1n) is 10.0. The van der Waals surface area contributed by atoms with E-state index in [0.717, 1.165) is 51.1 Å². The van der Waals surface area contributed by atoms with Crippen LogP contribution in [0.25, 0.3) is 0 Å². The highest BCUT2D eigenvalue weighted by Crippen LogP contribution is 2.27. The molecular weight excluding hydrogens is 358 g/mol. The summed E-state index contributed by atoms with van der Waals surface area (Å²) in [7, 11) is 0. The first-order chi connectivity index (χ1) is 13.2. The molecule has 3 N–H and O–H groups in total. The summed E-state index contributed by atoms with van der Waals surface area (Å²) in [5, 5.41) is 2.63. The fraction of sp³-hybridized carbons (Fsp3) is 0.650. The number of piperidine rings is 1. The van der Waals surface area contributed by atoms with Gasteiger partial charge in [0.2, 0.25) is 5.91 Å². The van der Waals surface area contributed by atoms with Crippen LogP contribution in [0.1, 0.15) is 46.5 Å². The minimum absolute atomic E-state index is 0.00874. The number of likely N-dealkylation sites (tertiary alicyclic amines) is 1. The Hall–Kier alpha value is -2.51. The molecule has 8 nitrogen and oxygen atoms in total. The second-order valence-corrected chi connectivity index (χ2v) is 8.55. The van der Waals surface area contributed by atoms with Crippen molar-refractivity contribution in [3.63, 3.8) is 0 Å². The maximum Gasteiger partial charge on any atom is 0.412 e. The van der Waals surface area contributed by atoms with Gasteiger partial charge in [-0.15, -0.1) is 0 Å². The third kappa shape index (κ3) is 5.05. The van der Waals surface area contributed by atoms with Gasteiger partial charge in [-0.1, -0.05) is 0 Å². The quantitative estimate of drug-likeness (QED) is 0.824. The Labute approximate surface area is 166 Å². The van der Waals surface area contributed by atoms with Crippen molar-refractivity contribution < 1.29 is 14.3 Å². The molecule has 0 saturated carbocycles. The summed E-state index contributed by atoms with van der Waals surface area (Å²) in [5.41, 5.74) is 5.88. The number of carbonyl (C=O) groups excluding carboxylic acids is 2. The van der Waals surface area contributed by atoms with Crippen LogP contribution in [0.5, 0.6) is 0 Å². The number of nitrogens with two attached hydrogens (primary N) is 1. The van der Waals surface area contributed by atoms with Crippen molar-refractivity contribution in [2.45, 2.75) is 52.1 Å². The molecule has 2 aliphatic heterocycles. The van der Waals surface area contributed by atoms with E-state index in [1.54, 1.807) is 26.8 Å². The molecule has 0 spiro atoms. The number of ether oxygens (including phenoxy) is 1. The Balaban J connectivity index is 1.64. The third-order valence-corrected chi connectivity index (χ3v) is 5.06. The smallest absolute Gasteiger partial charge is 0.412 e. The maximum absolute atomic E-state index is 12.7. The van der Waals surface area contributed by atoms with Crippen molar-refractivity contribution in [3.05, 3.63) is 12.1 Å². The van der Waals surface area contributed by atoms with Gasteiger partial charge < -0.3 is 20.3 Å². The summed E-state index contributed by atoms with van der Waals surface area (Å²) in [5.74, 6) is 1.23. The van der Waals surface area contributed by atoms with Gasteiger partial charge in [0.1, 0.15) is 17.2 Å². The lowest BCUT2D eigenvalue weighted by molar-refractivity contribution is -0.134. The van der Waals surface area contributed by atoms with Crippen LogP contribution < -0.4 is 16.0 Å². The highest BCUT2D eigenvalue weighted by atomic mass is 16.6. The first kappa shape index (κ1) is 20.2. The van der Waals surface area contributed by atoms with E-state index in [1.807, 2.05) is 11.0 Å². The summed E-state index contributed by atoms with van der Waals surface area (Å²) in [6.45, 7) is 8.65. The zero-order chi connectivity index (χ0) is 20.3. The van der Waals surface area contributed by atoms with Crippen LogP contribution in [0.2, 0.25) is 0 Å². The van der Waals surface area contributed by atoms with Crippen LogP contribution in [0, 0.1) is 5.92 Å². The highest BCUT2D eigenvalue weighted by molar-refractivity contribution is 5.88. The van der Waals surface area contributed by atoms with Gasteiger partial charge in [0.15, 0.2) is 0 Å². The monoisotopic (exact) mass is 389 g/mol. The lowest BCUT2D eigenvalue weighted by atomic mass is 9.96. The fourth-order valence-corrected chi connectivity index (χ4v) is 3.74. The first-order valence-corrected chi connectivity index (χ1v) is 10.0. The number of anilines is 3. The molecule has 0 bridgehead atoms. The normalized spacial score (nSPS) is 20.2. The standard InChI is InChI=1S/C20H31N5O3/c1-20(2,3)28-19(27)22-15-8-9-16(23-17(15)21)25-12-6-7-14(13-25)18(26)24-10-4-5-11-24/h8-9,14H,4-7,10-13H2,1-3H3,(H2,21,23)(H,22,27). The van der Waals surface area contributed by atoms with E-state index in [2.05, 4.69) is 15.2 Å². The molecule has 1 aromatic heterocycles. The molecule has 2 amide bonds. The summed E-state index contributed by atoms with van der Waals surface area (Å²) in [6.07, 6.45) is 3.50. The molecule has 2 saturated heterocycles. The number of nitrogen functional groups attached to an aromatic ring is 1. The van der Waals surface area contributed by atoms with E-state index in [1.165, 1.54) is 0 Å². The fourth-order valence-electron chi connectivity index (χ4n) is 3.74. The van der Waals surface area contributed by atoms with E-state index >= 15 is 0 Å². The third-order valence-electron chi connectivity index (χ3n) is 5.06.